The number of allylic oxidation sites excluding steroid dienone is 2. The van der Waals surface area contributed by atoms with Crippen molar-refractivity contribution in [3.05, 3.63) is 41.5 Å². The molecule has 2 heteroatoms. The highest BCUT2D eigenvalue weighted by molar-refractivity contribution is 5.38. The van der Waals surface area contributed by atoms with Gasteiger partial charge in [0.1, 0.15) is 5.75 Å². The van der Waals surface area contributed by atoms with Crippen molar-refractivity contribution in [3.63, 3.8) is 0 Å². The third kappa shape index (κ3) is 3.84. The summed E-state index contributed by atoms with van der Waals surface area (Å²) in [5.74, 6) is 1.76. The first kappa shape index (κ1) is 14.1. The Hall–Kier alpha value is -1.28. The molecule has 0 radical (unpaired) electrons. The summed E-state index contributed by atoms with van der Waals surface area (Å²) in [5, 5.41) is 3.66. The molecular formula is C17H25NO. The standard InChI is InChI=1S/C17H25NO/c1-13-9-10-17(19-3)16(11-13)14(2)18-12-15-7-5-4-6-8-15/h4-5,9-11,14-15,18H,6-8,12H2,1-3H3/t14-,15+/m0/s1. The van der Waals surface area contributed by atoms with Crippen LogP contribution < -0.4 is 10.1 Å². The maximum absolute atomic E-state index is 5.46. The van der Waals surface area contributed by atoms with Crippen LogP contribution in [0.2, 0.25) is 0 Å². The highest BCUT2D eigenvalue weighted by Gasteiger charge is 2.14. The van der Waals surface area contributed by atoms with Gasteiger partial charge in [0.2, 0.25) is 0 Å². The van der Waals surface area contributed by atoms with Crippen molar-refractivity contribution >= 4 is 0 Å². The molecule has 0 aromatic heterocycles. The summed E-state index contributed by atoms with van der Waals surface area (Å²) in [6, 6.07) is 6.71. The Morgan fingerprint density at radius 3 is 2.89 bits per heavy atom. The zero-order valence-corrected chi connectivity index (χ0v) is 12.3. The zero-order valence-electron chi connectivity index (χ0n) is 12.3. The van der Waals surface area contributed by atoms with Gasteiger partial charge in [-0.3, -0.25) is 0 Å². The number of benzene rings is 1. The van der Waals surface area contributed by atoms with Crippen LogP contribution in [-0.2, 0) is 0 Å². The second-order valence-corrected chi connectivity index (χ2v) is 5.53. The van der Waals surface area contributed by atoms with Gasteiger partial charge in [-0.05, 0) is 51.6 Å². The number of methoxy groups -OCH3 is 1. The van der Waals surface area contributed by atoms with Crippen LogP contribution in [-0.4, -0.2) is 13.7 Å². The van der Waals surface area contributed by atoms with E-state index in [9.17, 15) is 0 Å². The highest BCUT2D eigenvalue weighted by Crippen LogP contribution is 2.26. The van der Waals surface area contributed by atoms with Crippen LogP contribution in [0, 0.1) is 12.8 Å². The average Bonchev–Trinajstić information content (AvgIpc) is 2.46. The molecule has 19 heavy (non-hydrogen) atoms. The van der Waals surface area contributed by atoms with Gasteiger partial charge in [-0.2, -0.15) is 0 Å². The minimum Gasteiger partial charge on any atom is -0.496 e. The van der Waals surface area contributed by atoms with Gasteiger partial charge in [0.25, 0.3) is 0 Å². The molecule has 2 nitrogen and oxygen atoms in total. The lowest BCUT2D eigenvalue weighted by atomic mass is 9.94. The molecule has 0 aliphatic heterocycles. The van der Waals surface area contributed by atoms with Crippen molar-refractivity contribution in [2.45, 2.75) is 39.2 Å². The van der Waals surface area contributed by atoms with Gasteiger partial charge in [0.15, 0.2) is 0 Å². The Balaban J connectivity index is 1.96. The Labute approximate surface area is 116 Å². The third-order valence-corrected chi connectivity index (χ3v) is 3.94. The van der Waals surface area contributed by atoms with Gasteiger partial charge in [0, 0.05) is 11.6 Å². The predicted molar refractivity (Wildman–Crippen MR) is 80.6 cm³/mol. The van der Waals surface area contributed by atoms with Crippen molar-refractivity contribution < 1.29 is 4.74 Å². The van der Waals surface area contributed by atoms with Gasteiger partial charge >= 0.3 is 0 Å². The number of hydrogen-bond acceptors (Lipinski definition) is 2. The van der Waals surface area contributed by atoms with E-state index < -0.39 is 0 Å². The second kappa shape index (κ2) is 6.76. The van der Waals surface area contributed by atoms with E-state index in [4.69, 9.17) is 4.74 Å². The molecule has 2 atom stereocenters. The Morgan fingerprint density at radius 1 is 1.37 bits per heavy atom. The molecule has 0 heterocycles. The molecule has 2 rings (SSSR count). The lowest BCUT2D eigenvalue weighted by molar-refractivity contribution is 0.387. The number of rotatable bonds is 5. The number of aryl methyl sites for hydroxylation is 1. The van der Waals surface area contributed by atoms with E-state index in [1.54, 1.807) is 7.11 Å². The molecule has 1 aromatic rings. The first-order valence-corrected chi connectivity index (χ1v) is 7.23. The van der Waals surface area contributed by atoms with Crippen LogP contribution >= 0.6 is 0 Å². The van der Waals surface area contributed by atoms with Gasteiger partial charge in [-0.25, -0.2) is 0 Å². The van der Waals surface area contributed by atoms with E-state index in [2.05, 4.69) is 49.5 Å². The lowest BCUT2D eigenvalue weighted by Gasteiger charge is -2.23. The molecule has 0 spiro atoms. The zero-order chi connectivity index (χ0) is 13.7. The van der Waals surface area contributed by atoms with Crippen molar-refractivity contribution in [2.75, 3.05) is 13.7 Å². The fourth-order valence-electron chi connectivity index (χ4n) is 2.69. The molecule has 1 aromatic carbocycles. The smallest absolute Gasteiger partial charge is 0.123 e. The van der Waals surface area contributed by atoms with E-state index in [1.807, 2.05) is 0 Å². The molecule has 0 fully saturated rings. The highest BCUT2D eigenvalue weighted by atomic mass is 16.5. The minimum atomic E-state index is 0.334. The van der Waals surface area contributed by atoms with Gasteiger partial charge in [-0.1, -0.05) is 29.8 Å². The van der Waals surface area contributed by atoms with Crippen LogP contribution in [0.4, 0.5) is 0 Å². The Bertz CT molecular complexity index is 439. The first-order valence-electron chi connectivity index (χ1n) is 7.23. The third-order valence-electron chi connectivity index (χ3n) is 3.94. The number of hydrogen-bond donors (Lipinski definition) is 1. The quantitative estimate of drug-likeness (QED) is 0.807. The molecule has 0 saturated heterocycles. The van der Waals surface area contributed by atoms with Crippen LogP contribution in [0.1, 0.15) is 43.4 Å². The topological polar surface area (TPSA) is 21.3 Å². The van der Waals surface area contributed by atoms with E-state index in [0.717, 1.165) is 18.2 Å². The van der Waals surface area contributed by atoms with Crippen molar-refractivity contribution in [1.82, 2.24) is 5.32 Å². The van der Waals surface area contributed by atoms with Crippen molar-refractivity contribution in [3.8, 4) is 5.75 Å². The molecule has 0 amide bonds. The largest absolute Gasteiger partial charge is 0.496 e. The fraction of sp³-hybridized carbons (Fsp3) is 0.529. The van der Waals surface area contributed by atoms with Crippen molar-refractivity contribution in [2.24, 2.45) is 5.92 Å². The normalized spacial score (nSPS) is 20.3. The molecule has 0 bridgehead atoms. The first-order chi connectivity index (χ1) is 9.20. The maximum Gasteiger partial charge on any atom is 0.123 e. The van der Waals surface area contributed by atoms with Crippen LogP contribution in [0.3, 0.4) is 0 Å². The molecule has 1 aliphatic carbocycles. The summed E-state index contributed by atoms with van der Waals surface area (Å²) in [4.78, 5) is 0. The summed E-state index contributed by atoms with van der Waals surface area (Å²) in [6.07, 6.45) is 8.36. The fourth-order valence-corrected chi connectivity index (χ4v) is 2.69. The summed E-state index contributed by atoms with van der Waals surface area (Å²) in [5.41, 5.74) is 2.54. The summed E-state index contributed by atoms with van der Waals surface area (Å²) in [6.45, 7) is 5.43. The second-order valence-electron chi connectivity index (χ2n) is 5.53. The Morgan fingerprint density at radius 2 is 2.21 bits per heavy atom. The van der Waals surface area contributed by atoms with E-state index in [0.29, 0.717) is 6.04 Å². The molecule has 1 aliphatic rings. The molecule has 0 saturated carbocycles. The molecule has 1 N–H and O–H groups in total. The van der Waals surface area contributed by atoms with Gasteiger partial charge in [0.05, 0.1) is 7.11 Å². The number of nitrogens with one attached hydrogen (secondary N) is 1. The lowest BCUT2D eigenvalue weighted by Crippen LogP contribution is -2.26. The average molecular weight is 259 g/mol. The summed E-state index contributed by atoms with van der Waals surface area (Å²) < 4.78 is 5.46. The SMILES string of the molecule is COc1ccc(C)cc1[C@H](C)NC[C@@H]1CC=CCC1. The van der Waals surface area contributed by atoms with Crippen LogP contribution in [0.15, 0.2) is 30.4 Å². The molecule has 104 valence electrons. The van der Waals surface area contributed by atoms with Crippen LogP contribution in [0.25, 0.3) is 0 Å². The summed E-state index contributed by atoms with van der Waals surface area (Å²) in [7, 11) is 1.74. The van der Waals surface area contributed by atoms with E-state index in [-0.39, 0.29) is 0 Å². The number of ether oxygens (including phenoxy) is 1. The Kier molecular flexibility index (Phi) is 5.03. The van der Waals surface area contributed by atoms with E-state index in [1.165, 1.54) is 30.4 Å². The van der Waals surface area contributed by atoms with E-state index >= 15 is 0 Å². The minimum absolute atomic E-state index is 0.334. The van der Waals surface area contributed by atoms with Gasteiger partial charge in [-0.15, -0.1) is 0 Å². The molecule has 0 unspecified atom stereocenters. The maximum atomic E-state index is 5.46. The predicted octanol–water partition coefficient (Wildman–Crippen LogP) is 4.01. The monoisotopic (exact) mass is 259 g/mol. The van der Waals surface area contributed by atoms with Crippen molar-refractivity contribution in [1.29, 1.82) is 0 Å². The summed E-state index contributed by atoms with van der Waals surface area (Å²) >= 11 is 0. The van der Waals surface area contributed by atoms with Gasteiger partial charge < -0.3 is 10.1 Å². The molecular weight excluding hydrogens is 234 g/mol. The van der Waals surface area contributed by atoms with Crippen LogP contribution in [0.5, 0.6) is 5.75 Å².